The maximum absolute atomic E-state index is 5.85. The van der Waals surface area contributed by atoms with Crippen molar-refractivity contribution in [3.8, 4) is 0 Å². The highest BCUT2D eigenvalue weighted by Crippen LogP contribution is 2.39. The van der Waals surface area contributed by atoms with E-state index in [-0.39, 0.29) is 0 Å². The molecule has 18 heavy (non-hydrogen) atoms. The van der Waals surface area contributed by atoms with Crippen LogP contribution in [0.25, 0.3) is 0 Å². The van der Waals surface area contributed by atoms with Gasteiger partial charge in [-0.05, 0) is 48.4 Å². The van der Waals surface area contributed by atoms with Crippen LogP contribution in [0.2, 0.25) is 5.02 Å². The Bertz CT molecular complexity index is 533. The molecule has 2 aromatic rings. The molecule has 0 heterocycles. The Hall–Kier alpha value is -1.51. The topological polar surface area (TPSA) is 38.0 Å². The van der Waals surface area contributed by atoms with Crippen molar-refractivity contribution in [3.05, 3.63) is 59.1 Å². The van der Waals surface area contributed by atoms with Crippen LogP contribution in [0.3, 0.4) is 0 Å². The lowest BCUT2D eigenvalue weighted by atomic mass is 10.1. The molecule has 3 N–H and O–H groups in total. The zero-order valence-corrected chi connectivity index (χ0v) is 10.7. The minimum absolute atomic E-state index is 0.361. The van der Waals surface area contributed by atoms with Crippen LogP contribution in [0.15, 0.2) is 48.5 Å². The van der Waals surface area contributed by atoms with Gasteiger partial charge in [0.1, 0.15) is 0 Å². The minimum Gasteiger partial charge on any atom is -0.356 e. The summed E-state index contributed by atoms with van der Waals surface area (Å²) in [6.45, 7) is 0. The number of halogens is 1. The quantitative estimate of drug-likeness (QED) is 0.876. The van der Waals surface area contributed by atoms with Crippen molar-refractivity contribution in [2.24, 2.45) is 5.73 Å². The summed E-state index contributed by atoms with van der Waals surface area (Å²) in [6.07, 6.45) is 1.12. The summed E-state index contributed by atoms with van der Waals surface area (Å²) in [7, 11) is 0. The largest absolute Gasteiger partial charge is 0.356 e. The maximum atomic E-state index is 5.85. The van der Waals surface area contributed by atoms with Crippen LogP contribution in [-0.2, 0) is 0 Å². The Morgan fingerprint density at radius 3 is 1.94 bits per heavy atom. The molecule has 0 bridgehead atoms. The van der Waals surface area contributed by atoms with Gasteiger partial charge >= 0.3 is 0 Å². The second-order valence-electron chi connectivity index (χ2n) is 4.76. The third kappa shape index (κ3) is 2.50. The van der Waals surface area contributed by atoms with Crippen molar-refractivity contribution < 1.29 is 0 Å². The normalized spacial score (nSPS) is 21.7. The summed E-state index contributed by atoms with van der Waals surface area (Å²) in [4.78, 5) is 0. The van der Waals surface area contributed by atoms with Gasteiger partial charge in [-0.3, -0.25) is 0 Å². The van der Waals surface area contributed by atoms with Gasteiger partial charge in [0.05, 0.1) is 0 Å². The molecular weight excluding hydrogens is 244 g/mol. The predicted molar refractivity (Wildman–Crippen MR) is 76.5 cm³/mol. The van der Waals surface area contributed by atoms with E-state index >= 15 is 0 Å². The molecule has 2 aromatic carbocycles. The van der Waals surface area contributed by atoms with Crippen LogP contribution in [0.1, 0.15) is 17.9 Å². The van der Waals surface area contributed by atoms with Gasteiger partial charge in [0.15, 0.2) is 0 Å². The molecule has 0 radical (unpaired) electrons. The molecule has 0 unspecified atom stereocenters. The molecule has 0 saturated heterocycles. The average molecular weight is 259 g/mol. The third-order valence-corrected chi connectivity index (χ3v) is 3.56. The van der Waals surface area contributed by atoms with E-state index in [1.54, 1.807) is 0 Å². The molecule has 1 aliphatic rings. The molecule has 2 atom stereocenters. The number of rotatable bonds is 3. The Morgan fingerprint density at radius 2 is 1.44 bits per heavy atom. The minimum atomic E-state index is 0.361. The Morgan fingerprint density at radius 1 is 0.944 bits per heavy atom. The van der Waals surface area contributed by atoms with E-state index in [9.17, 15) is 0 Å². The maximum Gasteiger partial charge on any atom is 0.0407 e. The number of nitrogens with two attached hydrogens (primary N) is 1. The summed E-state index contributed by atoms with van der Waals surface area (Å²) in [5.41, 5.74) is 9.30. The molecular formula is C15H15ClN2. The zero-order chi connectivity index (χ0) is 12.5. The van der Waals surface area contributed by atoms with E-state index in [0.717, 1.165) is 22.8 Å². The lowest BCUT2D eigenvalue weighted by Gasteiger charge is -2.07. The number of hydrogen-bond donors (Lipinski definition) is 2. The lowest BCUT2D eigenvalue weighted by molar-refractivity contribution is 0.991. The highest BCUT2D eigenvalue weighted by atomic mass is 35.5. The molecule has 0 aliphatic heterocycles. The van der Waals surface area contributed by atoms with Crippen LogP contribution >= 0.6 is 11.6 Å². The fourth-order valence-corrected chi connectivity index (χ4v) is 2.24. The Labute approximate surface area is 112 Å². The lowest BCUT2D eigenvalue weighted by Crippen LogP contribution is -2.00. The van der Waals surface area contributed by atoms with E-state index in [1.807, 2.05) is 24.3 Å². The summed E-state index contributed by atoms with van der Waals surface area (Å²) in [5.74, 6) is 0.564. The van der Waals surface area contributed by atoms with Crippen molar-refractivity contribution in [2.75, 3.05) is 5.32 Å². The number of nitrogens with one attached hydrogen (secondary N) is 1. The van der Waals surface area contributed by atoms with Gasteiger partial charge in [0.25, 0.3) is 0 Å². The molecule has 0 aromatic heterocycles. The molecule has 1 saturated carbocycles. The van der Waals surface area contributed by atoms with E-state index in [0.29, 0.717) is 12.0 Å². The standard InChI is InChI=1S/C15H15ClN2/c16-11-3-7-13(8-4-11)18-12-5-1-10(2-6-12)14-9-15(14)17/h1-8,14-15,18H,9,17H2/t14-,15+/m0/s1. The second-order valence-corrected chi connectivity index (χ2v) is 5.20. The van der Waals surface area contributed by atoms with Crippen LogP contribution < -0.4 is 11.1 Å². The van der Waals surface area contributed by atoms with Crippen molar-refractivity contribution in [2.45, 2.75) is 18.4 Å². The van der Waals surface area contributed by atoms with Crippen LogP contribution in [0.5, 0.6) is 0 Å². The smallest absolute Gasteiger partial charge is 0.0407 e. The Kier molecular flexibility index (Phi) is 2.98. The fraction of sp³-hybridized carbons (Fsp3) is 0.200. The van der Waals surface area contributed by atoms with E-state index in [2.05, 4.69) is 29.6 Å². The Balaban J connectivity index is 1.71. The molecule has 2 nitrogen and oxygen atoms in total. The second kappa shape index (κ2) is 4.63. The van der Waals surface area contributed by atoms with E-state index < -0.39 is 0 Å². The fourth-order valence-electron chi connectivity index (χ4n) is 2.11. The molecule has 3 rings (SSSR count). The van der Waals surface area contributed by atoms with Gasteiger partial charge in [-0.1, -0.05) is 23.7 Å². The van der Waals surface area contributed by atoms with Gasteiger partial charge < -0.3 is 11.1 Å². The molecule has 0 spiro atoms. The summed E-state index contributed by atoms with van der Waals surface area (Å²) >= 11 is 5.85. The highest BCUT2D eigenvalue weighted by molar-refractivity contribution is 6.30. The monoisotopic (exact) mass is 258 g/mol. The van der Waals surface area contributed by atoms with Gasteiger partial charge in [0.2, 0.25) is 0 Å². The van der Waals surface area contributed by atoms with E-state index in [4.69, 9.17) is 17.3 Å². The number of benzene rings is 2. The van der Waals surface area contributed by atoms with Crippen molar-refractivity contribution >= 4 is 23.0 Å². The van der Waals surface area contributed by atoms with Gasteiger partial charge in [-0.25, -0.2) is 0 Å². The van der Waals surface area contributed by atoms with Crippen LogP contribution in [0.4, 0.5) is 11.4 Å². The molecule has 1 aliphatic carbocycles. The first-order valence-electron chi connectivity index (χ1n) is 6.10. The van der Waals surface area contributed by atoms with E-state index in [1.165, 1.54) is 5.56 Å². The number of anilines is 2. The van der Waals surface area contributed by atoms with Gasteiger partial charge in [-0.15, -0.1) is 0 Å². The SMILES string of the molecule is N[C@@H]1C[C@H]1c1ccc(Nc2ccc(Cl)cc2)cc1. The van der Waals surface area contributed by atoms with Crippen molar-refractivity contribution in [1.29, 1.82) is 0 Å². The molecule has 0 amide bonds. The summed E-state index contributed by atoms with van der Waals surface area (Å²) in [6, 6.07) is 16.5. The summed E-state index contributed by atoms with van der Waals surface area (Å²) < 4.78 is 0. The van der Waals surface area contributed by atoms with Crippen LogP contribution in [-0.4, -0.2) is 6.04 Å². The zero-order valence-electron chi connectivity index (χ0n) is 9.94. The first kappa shape index (κ1) is 11.6. The first-order valence-corrected chi connectivity index (χ1v) is 6.48. The van der Waals surface area contributed by atoms with Crippen molar-refractivity contribution in [3.63, 3.8) is 0 Å². The van der Waals surface area contributed by atoms with Gasteiger partial charge in [-0.2, -0.15) is 0 Å². The van der Waals surface area contributed by atoms with Gasteiger partial charge in [0, 0.05) is 28.4 Å². The van der Waals surface area contributed by atoms with Crippen molar-refractivity contribution in [1.82, 2.24) is 0 Å². The molecule has 92 valence electrons. The molecule has 1 fully saturated rings. The summed E-state index contributed by atoms with van der Waals surface area (Å²) in [5, 5.41) is 4.09. The number of hydrogen-bond acceptors (Lipinski definition) is 2. The highest BCUT2D eigenvalue weighted by Gasteiger charge is 2.34. The third-order valence-electron chi connectivity index (χ3n) is 3.31. The van der Waals surface area contributed by atoms with Crippen LogP contribution in [0, 0.1) is 0 Å². The first-order chi connectivity index (χ1) is 8.72. The average Bonchev–Trinajstić information content (AvgIpc) is 3.10. The molecule has 3 heteroatoms. The predicted octanol–water partition coefficient (Wildman–Crippen LogP) is 3.90.